The first kappa shape index (κ1) is 22.9. The number of carbonyl (C=O) groups excluding carboxylic acids is 1. The standard InChI is InChI=1S/C21H19F6NO3/c1-19(30,14-4-2-12(22)8-17(14)24)10-18(29)28-20(6-7-20)15-9-13(3-5-16(15)23)31-11-21(25,26)27/h2-5,8-9,30H,6-7,10-11H2,1H3,(H,28,29)/t19-/m0/s1. The summed E-state index contributed by atoms with van der Waals surface area (Å²) in [5.74, 6) is -3.57. The van der Waals surface area contributed by atoms with Gasteiger partial charge in [-0.15, -0.1) is 0 Å². The monoisotopic (exact) mass is 447 g/mol. The molecule has 31 heavy (non-hydrogen) atoms. The van der Waals surface area contributed by atoms with Crippen LogP contribution in [0.5, 0.6) is 5.75 Å². The van der Waals surface area contributed by atoms with Crippen LogP contribution in [0.15, 0.2) is 36.4 Å². The van der Waals surface area contributed by atoms with Gasteiger partial charge in [0.15, 0.2) is 6.61 Å². The molecule has 0 bridgehead atoms. The fourth-order valence-corrected chi connectivity index (χ4v) is 3.36. The highest BCUT2D eigenvalue weighted by atomic mass is 19.4. The summed E-state index contributed by atoms with van der Waals surface area (Å²) in [6, 6.07) is 5.61. The summed E-state index contributed by atoms with van der Waals surface area (Å²) in [5.41, 5.74) is -3.49. The number of hydrogen-bond donors (Lipinski definition) is 2. The van der Waals surface area contributed by atoms with Crippen molar-refractivity contribution in [2.75, 3.05) is 6.61 Å². The van der Waals surface area contributed by atoms with Gasteiger partial charge in [-0.2, -0.15) is 13.2 Å². The van der Waals surface area contributed by atoms with E-state index in [0.717, 1.165) is 30.3 Å². The summed E-state index contributed by atoms with van der Waals surface area (Å²) in [4.78, 5) is 12.5. The molecule has 10 heteroatoms. The largest absolute Gasteiger partial charge is 0.484 e. The van der Waals surface area contributed by atoms with Gasteiger partial charge in [-0.05, 0) is 44.0 Å². The van der Waals surface area contributed by atoms with E-state index in [0.29, 0.717) is 18.9 Å². The lowest BCUT2D eigenvalue weighted by Gasteiger charge is -2.26. The van der Waals surface area contributed by atoms with Crippen LogP contribution in [-0.4, -0.2) is 23.8 Å². The zero-order chi connectivity index (χ0) is 23.0. The molecule has 0 aliphatic heterocycles. The van der Waals surface area contributed by atoms with Gasteiger partial charge in [0.25, 0.3) is 0 Å². The molecule has 0 heterocycles. The topological polar surface area (TPSA) is 58.6 Å². The van der Waals surface area contributed by atoms with Crippen molar-refractivity contribution in [2.24, 2.45) is 0 Å². The number of aliphatic hydroxyl groups is 1. The van der Waals surface area contributed by atoms with Gasteiger partial charge in [-0.3, -0.25) is 4.79 Å². The summed E-state index contributed by atoms with van der Waals surface area (Å²) in [6.45, 7) is -0.377. The summed E-state index contributed by atoms with van der Waals surface area (Å²) in [7, 11) is 0. The first-order chi connectivity index (χ1) is 14.3. The molecule has 2 N–H and O–H groups in total. The molecule has 2 aromatic carbocycles. The highest BCUT2D eigenvalue weighted by Gasteiger charge is 2.48. The molecule has 4 nitrogen and oxygen atoms in total. The number of nitrogens with one attached hydrogen (secondary N) is 1. The molecule has 1 aliphatic rings. The summed E-state index contributed by atoms with van der Waals surface area (Å²) in [6.07, 6.45) is -4.55. The Balaban J connectivity index is 1.74. The van der Waals surface area contributed by atoms with Crippen LogP contribution in [0.4, 0.5) is 26.3 Å². The SMILES string of the molecule is C[C@](O)(CC(=O)NC1(c2cc(OCC(F)(F)F)ccc2F)CC1)c1ccc(F)cc1F. The Labute approximate surface area is 173 Å². The number of ether oxygens (including phenoxy) is 1. The van der Waals surface area contributed by atoms with Gasteiger partial charge in [0.2, 0.25) is 5.91 Å². The number of carbonyl (C=O) groups is 1. The molecule has 0 unspecified atom stereocenters. The van der Waals surface area contributed by atoms with E-state index in [2.05, 4.69) is 10.1 Å². The number of amides is 1. The Kier molecular flexibility index (Phi) is 5.96. The van der Waals surface area contributed by atoms with E-state index in [-0.39, 0.29) is 16.9 Å². The maximum atomic E-state index is 14.4. The van der Waals surface area contributed by atoms with E-state index in [1.165, 1.54) is 6.92 Å². The van der Waals surface area contributed by atoms with Crippen molar-refractivity contribution in [3.8, 4) is 5.75 Å². The molecule has 0 radical (unpaired) electrons. The maximum absolute atomic E-state index is 14.4. The quantitative estimate of drug-likeness (QED) is 0.617. The molecule has 1 atom stereocenters. The minimum atomic E-state index is -4.57. The molecular weight excluding hydrogens is 428 g/mol. The minimum Gasteiger partial charge on any atom is -0.484 e. The van der Waals surface area contributed by atoms with Crippen LogP contribution in [0.25, 0.3) is 0 Å². The van der Waals surface area contributed by atoms with Crippen molar-refractivity contribution in [3.63, 3.8) is 0 Å². The van der Waals surface area contributed by atoms with Crippen LogP contribution < -0.4 is 10.1 Å². The van der Waals surface area contributed by atoms with Gasteiger partial charge in [-0.1, -0.05) is 6.07 Å². The molecule has 168 valence electrons. The molecule has 0 saturated heterocycles. The first-order valence-electron chi connectivity index (χ1n) is 9.30. The third-order valence-electron chi connectivity index (χ3n) is 5.00. The average Bonchev–Trinajstić information content (AvgIpc) is 3.39. The Morgan fingerprint density at radius 2 is 1.77 bits per heavy atom. The molecule has 1 fully saturated rings. The lowest BCUT2D eigenvalue weighted by molar-refractivity contribution is -0.153. The molecule has 1 saturated carbocycles. The number of benzene rings is 2. The number of rotatable bonds is 7. The van der Waals surface area contributed by atoms with Crippen molar-refractivity contribution in [1.82, 2.24) is 5.32 Å². The minimum absolute atomic E-state index is 0.0480. The van der Waals surface area contributed by atoms with Gasteiger partial charge < -0.3 is 15.2 Å². The Bertz CT molecular complexity index is 986. The zero-order valence-corrected chi connectivity index (χ0v) is 16.3. The van der Waals surface area contributed by atoms with Gasteiger partial charge in [0.1, 0.15) is 23.2 Å². The molecule has 3 rings (SSSR count). The van der Waals surface area contributed by atoms with E-state index in [1.807, 2.05) is 0 Å². The van der Waals surface area contributed by atoms with Crippen molar-refractivity contribution < 1.29 is 41.0 Å². The normalized spacial score (nSPS) is 17.0. The second kappa shape index (κ2) is 8.07. The molecule has 1 aliphatic carbocycles. The third-order valence-corrected chi connectivity index (χ3v) is 5.00. The maximum Gasteiger partial charge on any atom is 0.422 e. The molecule has 2 aromatic rings. The van der Waals surface area contributed by atoms with E-state index >= 15 is 0 Å². The van der Waals surface area contributed by atoms with Gasteiger partial charge in [-0.25, -0.2) is 13.2 Å². The average molecular weight is 447 g/mol. The Hall–Kier alpha value is -2.75. The zero-order valence-electron chi connectivity index (χ0n) is 16.3. The number of alkyl halides is 3. The van der Waals surface area contributed by atoms with Crippen LogP contribution in [0.1, 0.15) is 37.3 Å². The van der Waals surface area contributed by atoms with E-state index in [1.54, 1.807) is 0 Å². The number of halogens is 6. The highest BCUT2D eigenvalue weighted by molar-refractivity contribution is 5.79. The van der Waals surface area contributed by atoms with E-state index < -0.39 is 53.7 Å². The predicted octanol–water partition coefficient (Wildman–Crippen LogP) is 4.45. The van der Waals surface area contributed by atoms with E-state index in [4.69, 9.17) is 0 Å². The van der Waals surface area contributed by atoms with Gasteiger partial charge in [0, 0.05) is 17.2 Å². The third kappa shape index (κ3) is 5.49. The van der Waals surface area contributed by atoms with Crippen LogP contribution in [-0.2, 0) is 15.9 Å². The lowest BCUT2D eigenvalue weighted by atomic mass is 9.91. The smallest absolute Gasteiger partial charge is 0.422 e. The molecule has 1 amide bonds. The Morgan fingerprint density at radius 1 is 1.10 bits per heavy atom. The molecule has 0 spiro atoms. The van der Waals surface area contributed by atoms with Crippen molar-refractivity contribution in [3.05, 3.63) is 65.0 Å². The second-order valence-electron chi connectivity index (χ2n) is 7.75. The number of hydrogen-bond acceptors (Lipinski definition) is 3. The fraction of sp³-hybridized carbons (Fsp3) is 0.381. The van der Waals surface area contributed by atoms with Crippen LogP contribution >= 0.6 is 0 Å². The summed E-state index contributed by atoms with van der Waals surface area (Å²) >= 11 is 0. The summed E-state index contributed by atoms with van der Waals surface area (Å²) in [5, 5.41) is 13.1. The second-order valence-corrected chi connectivity index (χ2v) is 7.75. The Morgan fingerprint density at radius 3 is 2.35 bits per heavy atom. The van der Waals surface area contributed by atoms with Crippen molar-refractivity contribution in [1.29, 1.82) is 0 Å². The van der Waals surface area contributed by atoms with Crippen LogP contribution in [0.2, 0.25) is 0 Å². The van der Waals surface area contributed by atoms with Crippen molar-refractivity contribution >= 4 is 5.91 Å². The summed E-state index contributed by atoms with van der Waals surface area (Å²) < 4.78 is 83.2. The fourth-order valence-electron chi connectivity index (χ4n) is 3.36. The highest BCUT2D eigenvalue weighted by Crippen LogP contribution is 2.47. The first-order valence-corrected chi connectivity index (χ1v) is 9.30. The molecule has 0 aromatic heterocycles. The van der Waals surface area contributed by atoms with Crippen LogP contribution in [0.3, 0.4) is 0 Å². The van der Waals surface area contributed by atoms with Gasteiger partial charge >= 0.3 is 6.18 Å². The van der Waals surface area contributed by atoms with E-state index in [9.17, 15) is 36.2 Å². The van der Waals surface area contributed by atoms with Crippen molar-refractivity contribution in [2.45, 2.75) is 43.5 Å². The lowest BCUT2D eigenvalue weighted by Crippen LogP contribution is -2.39. The molecular formula is C21H19F6NO3. The van der Waals surface area contributed by atoms with Gasteiger partial charge in [0.05, 0.1) is 17.6 Å². The van der Waals surface area contributed by atoms with Crippen LogP contribution in [0, 0.1) is 17.5 Å². The predicted molar refractivity (Wildman–Crippen MR) is 97.6 cm³/mol.